The highest BCUT2D eigenvalue weighted by Crippen LogP contribution is 2.30. The first-order valence-corrected chi connectivity index (χ1v) is 3.88. The molecule has 13 heavy (non-hydrogen) atoms. The van der Waals surface area contributed by atoms with Crippen molar-refractivity contribution in [2.45, 2.75) is 13.0 Å². The first-order chi connectivity index (χ1) is 6.06. The highest BCUT2D eigenvalue weighted by atomic mass is 19.1. The molecular formula is C9H12FNO2. The van der Waals surface area contributed by atoms with Crippen LogP contribution in [-0.4, -0.2) is 12.2 Å². The average Bonchev–Trinajstić information content (AvgIpc) is 2.02. The van der Waals surface area contributed by atoms with Gasteiger partial charge in [-0.25, -0.2) is 4.39 Å². The maximum Gasteiger partial charge on any atom is 0.135 e. The van der Waals surface area contributed by atoms with Crippen molar-refractivity contribution in [3.05, 3.63) is 23.5 Å². The summed E-state index contributed by atoms with van der Waals surface area (Å²) < 4.78 is 18.0. The average molecular weight is 185 g/mol. The Bertz CT molecular complexity index is 289. The first kappa shape index (κ1) is 9.80. The molecule has 0 saturated heterocycles. The highest BCUT2D eigenvalue weighted by Gasteiger charge is 2.13. The van der Waals surface area contributed by atoms with Gasteiger partial charge in [-0.15, -0.1) is 0 Å². The van der Waals surface area contributed by atoms with Gasteiger partial charge in [-0.1, -0.05) is 0 Å². The lowest BCUT2D eigenvalue weighted by atomic mass is 10.1. The molecular weight excluding hydrogens is 173 g/mol. The molecule has 0 aromatic heterocycles. The molecule has 0 fully saturated rings. The van der Waals surface area contributed by atoms with Gasteiger partial charge in [0.25, 0.3) is 0 Å². The van der Waals surface area contributed by atoms with E-state index < -0.39 is 11.9 Å². The number of ether oxygens (including phenoxy) is 1. The first-order valence-electron chi connectivity index (χ1n) is 3.88. The third kappa shape index (κ3) is 1.89. The molecule has 1 aromatic carbocycles. The molecule has 0 bridgehead atoms. The van der Waals surface area contributed by atoms with Gasteiger partial charge in [-0.3, -0.25) is 0 Å². The molecule has 1 rings (SSSR count). The van der Waals surface area contributed by atoms with Crippen LogP contribution >= 0.6 is 0 Å². The Morgan fingerprint density at radius 3 is 2.54 bits per heavy atom. The van der Waals surface area contributed by atoms with Gasteiger partial charge in [0.05, 0.1) is 7.11 Å². The summed E-state index contributed by atoms with van der Waals surface area (Å²) in [5, 5.41) is 9.37. The Balaban J connectivity index is 3.23. The summed E-state index contributed by atoms with van der Waals surface area (Å²) in [6.45, 7) is 1.60. The SMILES string of the molecule is COc1cc(O)c(C(C)N)c(F)c1. The molecule has 4 heteroatoms. The maximum absolute atomic E-state index is 13.2. The predicted octanol–water partition coefficient (Wildman–Crippen LogP) is 1.56. The van der Waals surface area contributed by atoms with Crippen LogP contribution in [0, 0.1) is 5.82 Å². The van der Waals surface area contributed by atoms with E-state index in [9.17, 15) is 9.50 Å². The number of methoxy groups -OCH3 is 1. The summed E-state index contributed by atoms with van der Waals surface area (Å²) in [7, 11) is 1.40. The fourth-order valence-corrected chi connectivity index (χ4v) is 1.15. The van der Waals surface area contributed by atoms with E-state index in [0.29, 0.717) is 0 Å². The lowest BCUT2D eigenvalue weighted by Crippen LogP contribution is -2.07. The molecule has 0 radical (unpaired) electrons. The molecule has 0 amide bonds. The van der Waals surface area contributed by atoms with Crippen LogP contribution in [0.4, 0.5) is 4.39 Å². The third-order valence-electron chi connectivity index (χ3n) is 1.77. The highest BCUT2D eigenvalue weighted by molar-refractivity contribution is 5.42. The molecule has 0 saturated carbocycles. The van der Waals surface area contributed by atoms with E-state index in [1.165, 1.54) is 19.2 Å². The molecule has 1 atom stereocenters. The molecule has 1 aromatic rings. The van der Waals surface area contributed by atoms with E-state index in [1.807, 2.05) is 0 Å². The Kier molecular flexibility index (Phi) is 2.72. The lowest BCUT2D eigenvalue weighted by molar-refractivity contribution is 0.398. The zero-order chi connectivity index (χ0) is 10.0. The van der Waals surface area contributed by atoms with Crippen molar-refractivity contribution in [2.24, 2.45) is 5.73 Å². The van der Waals surface area contributed by atoms with Gasteiger partial charge in [0, 0.05) is 23.7 Å². The minimum atomic E-state index is -0.549. The standard InChI is InChI=1S/C9H12FNO2/c1-5(11)9-7(10)3-6(13-2)4-8(9)12/h3-5,12H,11H2,1-2H3. The van der Waals surface area contributed by atoms with Crippen molar-refractivity contribution in [3.8, 4) is 11.5 Å². The van der Waals surface area contributed by atoms with Crippen LogP contribution < -0.4 is 10.5 Å². The molecule has 0 spiro atoms. The number of rotatable bonds is 2. The van der Waals surface area contributed by atoms with E-state index in [4.69, 9.17) is 10.5 Å². The molecule has 0 heterocycles. The van der Waals surface area contributed by atoms with Crippen molar-refractivity contribution < 1.29 is 14.2 Å². The van der Waals surface area contributed by atoms with Gasteiger partial charge in [0.2, 0.25) is 0 Å². The zero-order valence-electron chi connectivity index (χ0n) is 7.54. The molecule has 0 aliphatic carbocycles. The molecule has 72 valence electrons. The minimum absolute atomic E-state index is 0.112. The van der Waals surface area contributed by atoms with Crippen LogP contribution in [0.25, 0.3) is 0 Å². The summed E-state index contributed by atoms with van der Waals surface area (Å²) in [6.07, 6.45) is 0. The minimum Gasteiger partial charge on any atom is -0.507 e. The van der Waals surface area contributed by atoms with Gasteiger partial charge in [-0.05, 0) is 6.92 Å². The van der Waals surface area contributed by atoms with Crippen molar-refractivity contribution in [1.82, 2.24) is 0 Å². The van der Waals surface area contributed by atoms with E-state index in [2.05, 4.69) is 0 Å². The summed E-state index contributed by atoms with van der Waals surface area (Å²) in [5.41, 5.74) is 5.58. The zero-order valence-corrected chi connectivity index (χ0v) is 7.54. The summed E-state index contributed by atoms with van der Waals surface area (Å²) in [6, 6.07) is 1.99. The van der Waals surface area contributed by atoms with E-state index in [0.717, 1.165) is 0 Å². The third-order valence-corrected chi connectivity index (χ3v) is 1.77. The summed E-state index contributed by atoms with van der Waals surface area (Å²) in [4.78, 5) is 0. The second kappa shape index (κ2) is 3.62. The Morgan fingerprint density at radius 2 is 2.15 bits per heavy atom. The van der Waals surface area contributed by atoms with Crippen LogP contribution in [0.3, 0.4) is 0 Å². The number of hydrogen-bond donors (Lipinski definition) is 2. The van der Waals surface area contributed by atoms with E-state index in [-0.39, 0.29) is 17.1 Å². The maximum atomic E-state index is 13.2. The number of nitrogens with two attached hydrogens (primary N) is 1. The molecule has 0 aliphatic rings. The Hall–Kier alpha value is -1.29. The van der Waals surface area contributed by atoms with Gasteiger partial charge in [-0.2, -0.15) is 0 Å². The number of phenols is 1. The van der Waals surface area contributed by atoms with Crippen LogP contribution in [0.5, 0.6) is 11.5 Å². The van der Waals surface area contributed by atoms with E-state index >= 15 is 0 Å². The smallest absolute Gasteiger partial charge is 0.135 e. The van der Waals surface area contributed by atoms with Crippen LogP contribution in [0.2, 0.25) is 0 Å². The number of phenolic OH excluding ortho intramolecular Hbond substituents is 1. The van der Waals surface area contributed by atoms with Crippen molar-refractivity contribution >= 4 is 0 Å². The quantitative estimate of drug-likeness (QED) is 0.735. The van der Waals surface area contributed by atoms with Crippen LogP contribution in [0.15, 0.2) is 12.1 Å². The molecule has 3 nitrogen and oxygen atoms in total. The Morgan fingerprint density at radius 1 is 1.54 bits per heavy atom. The predicted molar refractivity (Wildman–Crippen MR) is 47.2 cm³/mol. The fourth-order valence-electron chi connectivity index (χ4n) is 1.15. The number of halogens is 1. The monoisotopic (exact) mass is 185 g/mol. The fraction of sp³-hybridized carbons (Fsp3) is 0.333. The van der Waals surface area contributed by atoms with Crippen molar-refractivity contribution in [3.63, 3.8) is 0 Å². The molecule has 3 N–H and O–H groups in total. The second-order valence-corrected chi connectivity index (χ2v) is 2.83. The number of hydrogen-bond acceptors (Lipinski definition) is 3. The lowest BCUT2D eigenvalue weighted by Gasteiger charge is -2.10. The Labute approximate surface area is 75.9 Å². The second-order valence-electron chi connectivity index (χ2n) is 2.83. The van der Waals surface area contributed by atoms with Crippen LogP contribution in [-0.2, 0) is 0 Å². The molecule has 1 unspecified atom stereocenters. The van der Waals surface area contributed by atoms with E-state index in [1.54, 1.807) is 6.92 Å². The summed E-state index contributed by atoms with van der Waals surface area (Å²) >= 11 is 0. The number of aromatic hydroxyl groups is 1. The van der Waals surface area contributed by atoms with Gasteiger partial charge in [0.1, 0.15) is 17.3 Å². The van der Waals surface area contributed by atoms with Crippen LogP contribution in [0.1, 0.15) is 18.5 Å². The topological polar surface area (TPSA) is 55.5 Å². The largest absolute Gasteiger partial charge is 0.507 e. The normalized spacial score (nSPS) is 12.6. The van der Waals surface area contributed by atoms with Crippen molar-refractivity contribution in [2.75, 3.05) is 7.11 Å². The van der Waals surface area contributed by atoms with Gasteiger partial charge >= 0.3 is 0 Å². The van der Waals surface area contributed by atoms with Gasteiger partial charge < -0.3 is 15.6 Å². The number of benzene rings is 1. The van der Waals surface area contributed by atoms with Gasteiger partial charge in [0.15, 0.2) is 0 Å². The summed E-state index contributed by atoms with van der Waals surface area (Å²) in [5.74, 6) is -0.446. The molecule has 0 aliphatic heterocycles. The van der Waals surface area contributed by atoms with Crippen molar-refractivity contribution in [1.29, 1.82) is 0 Å².